The normalized spacial score (nSPS) is 14.1. The van der Waals surface area contributed by atoms with Crippen molar-refractivity contribution >= 4 is 29.2 Å². The quantitative estimate of drug-likeness (QED) is 0.407. The molecule has 4 rings (SSSR count). The molecule has 200 valence electrons. The third kappa shape index (κ3) is 6.92. The molecule has 2 N–H and O–H groups in total. The number of likely N-dealkylation sites (tertiary alicyclic amines) is 1. The van der Waals surface area contributed by atoms with E-state index < -0.39 is 11.7 Å². The molecule has 8 nitrogen and oxygen atoms in total. The van der Waals surface area contributed by atoms with Crippen molar-refractivity contribution in [3.05, 3.63) is 76.6 Å². The Labute approximate surface area is 222 Å². The van der Waals surface area contributed by atoms with Gasteiger partial charge in [-0.2, -0.15) is 5.10 Å². The summed E-state index contributed by atoms with van der Waals surface area (Å²) in [6, 6.07) is 5.72. The summed E-state index contributed by atoms with van der Waals surface area (Å²) in [6.07, 6.45) is 11.4. The maximum absolute atomic E-state index is 14.6. The minimum Gasteiger partial charge on any atom is -0.351 e. The van der Waals surface area contributed by atoms with Crippen LogP contribution in [-0.4, -0.2) is 57.7 Å². The lowest BCUT2D eigenvalue weighted by atomic mass is 10.00. The highest BCUT2D eigenvalue weighted by Crippen LogP contribution is 2.25. The second-order valence-electron chi connectivity index (χ2n) is 9.67. The minimum absolute atomic E-state index is 0.0538. The molecule has 3 aromatic rings. The maximum Gasteiger partial charge on any atom is 0.257 e. The molecule has 0 saturated carbocycles. The van der Waals surface area contributed by atoms with Gasteiger partial charge in [0.15, 0.2) is 0 Å². The topological polar surface area (TPSA) is 92.2 Å². The Hall–Kier alpha value is -3.85. The standard InChI is InChI=1S/C29H35FN6O2/c1-4-7-21(25-18-33-35(3)19-25)14-23-15-24(17-32-20(23)2)29(38)34-27-16-22(8-9-26(27)30)28(37)31-10-13-36-11-5-6-12-36/h8-9,14-19H,4-7,10-13H2,1-3H3,(H,31,37)(H,34,38)/b21-14+. The van der Waals surface area contributed by atoms with E-state index in [-0.39, 0.29) is 17.2 Å². The summed E-state index contributed by atoms with van der Waals surface area (Å²) < 4.78 is 16.3. The molecule has 9 heteroatoms. The number of carbonyl (C=O) groups is 2. The van der Waals surface area contributed by atoms with Crippen molar-refractivity contribution in [2.75, 3.05) is 31.5 Å². The van der Waals surface area contributed by atoms with Gasteiger partial charge in [-0.1, -0.05) is 13.3 Å². The molecule has 1 aliphatic heterocycles. The van der Waals surface area contributed by atoms with Crippen LogP contribution in [0.5, 0.6) is 0 Å². The van der Waals surface area contributed by atoms with Gasteiger partial charge in [0, 0.05) is 49.4 Å². The third-order valence-electron chi connectivity index (χ3n) is 6.70. The van der Waals surface area contributed by atoms with Gasteiger partial charge in [0.1, 0.15) is 5.82 Å². The highest BCUT2D eigenvalue weighted by atomic mass is 19.1. The number of rotatable bonds is 10. The second-order valence-corrected chi connectivity index (χ2v) is 9.67. The summed E-state index contributed by atoms with van der Waals surface area (Å²) in [5.41, 5.74) is 4.22. The minimum atomic E-state index is -0.617. The van der Waals surface area contributed by atoms with E-state index >= 15 is 0 Å². The van der Waals surface area contributed by atoms with Crippen LogP contribution in [0.15, 0.2) is 42.9 Å². The fourth-order valence-corrected chi connectivity index (χ4v) is 4.56. The molecule has 1 saturated heterocycles. The molecular weight excluding hydrogens is 483 g/mol. The van der Waals surface area contributed by atoms with E-state index in [0.717, 1.165) is 54.9 Å². The Morgan fingerprint density at radius 2 is 1.87 bits per heavy atom. The molecule has 0 radical (unpaired) electrons. The van der Waals surface area contributed by atoms with Crippen LogP contribution in [-0.2, 0) is 7.05 Å². The molecule has 0 aliphatic carbocycles. The molecule has 2 aromatic heterocycles. The van der Waals surface area contributed by atoms with Gasteiger partial charge in [0.2, 0.25) is 0 Å². The lowest BCUT2D eigenvalue weighted by Gasteiger charge is -2.15. The zero-order chi connectivity index (χ0) is 27.1. The number of hydrogen-bond acceptors (Lipinski definition) is 5. The van der Waals surface area contributed by atoms with Crippen molar-refractivity contribution < 1.29 is 14.0 Å². The number of nitrogens with one attached hydrogen (secondary N) is 2. The van der Waals surface area contributed by atoms with Gasteiger partial charge >= 0.3 is 0 Å². The molecule has 0 atom stereocenters. The van der Waals surface area contributed by atoms with Crippen LogP contribution in [0.3, 0.4) is 0 Å². The monoisotopic (exact) mass is 518 g/mol. The zero-order valence-electron chi connectivity index (χ0n) is 22.3. The summed E-state index contributed by atoms with van der Waals surface area (Å²) in [7, 11) is 1.87. The summed E-state index contributed by atoms with van der Waals surface area (Å²) in [4.78, 5) is 32.4. The fraction of sp³-hybridized carbons (Fsp3) is 0.379. The van der Waals surface area contributed by atoms with Crippen LogP contribution in [0.25, 0.3) is 11.6 Å². The number of allylic oxidation sites excluding steroid dienone is 1. The molecule has 2 amide bonds. The number of hydrogen-bond donors (Lipinski definition) is 2. The van der Waals surface area contributed by atoms with Gasteiger partial charge in [-0.15, -0.1) is 0 Å². The molecule has 0 bridgehead atoms. The Bertz CT molecular complexity index is 1330. The lowest BCUT2D eigenvalue weighted by Crippen LogP contribution is -2.33. The molecular formula is C29H35FN6O2. The number of amides is 2. The van der Waals surface area contributed by atoms with E-state index in [1.54, 1.807) is 10.7 Å². The van der Waals surface area contributed by atoms with E-state index in [0.29, 0.717) is 12.1 Å². The number of aryl methyl sites for hydroxylation is 2. The van der Waals surface area contributed by atoms with Crippen LogP contribution in [0.1, 0.15) is 70.1 Å². The Balaban J connectivity index is 1.48. The Morgan fingerprint density at radius 3 is 2.58 bits per heavy atom. The Kier molecular flexibility index (Phi) is 9.02. The van der Waals surface area contributed by atoms with Crippen LogP contribution in [0.2, 0.25) is 0 Å². The number of benzene rings is 1. The van der Waals surface area contributed by atoms with E-state index in [1.165, 1.54) is 37.2 Å². The number of anilines is 1. The van der Waals surface area contributed by atoms with E-state index in [9.17, 15) is 14.0 Å². The average molecular weight is 519 g/mol. The number of nitrogens with zero attached hydrogens (tertiary/aromatic N) is 4. The van der Waals surface area contributed by atoms with Crippen LogP contribution in [0, 0.1) is 12.7 Å². The molecule has 0 unspecified atom stereocenters. The van der Waals surface area contributed by atoms with Gasteiger partial charge < -0.3 is 15.5 Å². The first kappa shape index (κ1) is 27.2. The van der Waals surface area contributed by atoms with E-state index in [4.69, 9.17) is 0 Å². The molecule has 3 heterocycles. The number of pyridine rings is 1. The molecule has 0 spiro atoms. The van der Waals surface area contributed by atoms with Crippen molar-refractivity contribution in [1.82, 2.24) is 25.0 Å². The zero-order valence-corrected chi connectivity index (χ0v) is 22.3. The predicted octanol–water partition coefficient (Wildman–Crippen LogP) is 4.68. The first-order chi connectivity index (χ1) is 18.3. The first-order valence-corrected chi connectivity index (χ1v) is 13.1. The number of carbonyl (C=O) groups excluding carboxylic acids is 2. The predicted molar refractivity (Wildman–Crippen MR) is 147 cm³/mol. The van der Waals surface area contributed by atoms with E-state index in [2.05, 4.69) is 32.5 Å². The lowest BCUT2D eigenvalue weighted by molar-refractivity contribution is 0.0948. The van der Waals surface area contributed by atoms with E-state index in [1.807, 2.05) is 32.4 Å². The van der Waals surface area contributed by atoms with Crippen molar-refractivity contribution in [2.45, 2.75) is 39.5 Å². The van der Waals surface area contributed by atoms with Gasteiger partial charge in [0.25, 0.3) is 11.8 Å². The van der Waals surface area contributed by atoms with Crippen molar-refractivity contribution in [3.63, 3.8) is 0 Å². The van der Waals surface area contributed by atoms with Crippen molar-refractivity contribution in [1.29, 1.82) is 0 Å². The highest BCUT2D eigenvalue weighted by Gasteiger charge is 2.16. The molecule has 1 aromatic carbocycles. The third-order valence-corrected chi connectivity index (χ3v) is 6.70. The largest absolute Gasteiger partial charge is 0.351 e. The second kappa shape index (κ2) is 12.6. The van der Waals surface area contributed by atoms with Gasteiger partial charge in [-0.25, -0.2) is 4.39 Å². The molecule has 1 aliphatic rings. The van der Waals surface area contributed by atoms with Crippen molar-refractivity contribution in [2.24, 2.45) is 7.05 Å². The maximum atomic E-state index is 14.6. The van der Waals surface area contributed by atoms with Gasteiger partial charge in [0.05, 0.1) is 17.4 Å². The fourth-order valence-electron chi connectivity index (χ4n) is 4.56. The number of halogens is 1. The molecule has 38 heavy (non-hydrogen) atoms. The van der Waals surface area contributed by atoms with Crippen LogP contribution >= 0.6 is 0 Å². The smallest absolute Gasteiger partial charge is 0.257 e. The first-order valence-electron chi connectivity index (χ1n) is 13.1. The molecule has 1 fully saturated rings. The summed E-state index contributed by atoms with van der Waals surface area (Å²) >= 11 is 0. The summed E-state index contributed by atoms with van der Waals surface area (Å²) in [5.74, 6) is -1.42. The summed E-state index contributed by atoms with van der Waals surface area (Å²) in [6.45, 7) is 7.40. The number of aromatic nitrogens is 3. The van der Waals surface area contributed by atoms with Gasteiger partial charge in [-0.05, 0) is 80.8 Å². The average Bonchev–Trinajstić information content (AvgIpc) is 3.58. The Morgan fingerprint density at radius 1 is 1.08 bits per heavy atom. The van der Waals surface area contributed by atoms with Gasteiger partial charge in [-0.3, -0.25) is 19.3 Å². The highest BCUT2D eigenvalue weighted by molar-refractivity contribution is 6.05. The van der Waals surface area contributed by atoms with Crippen molar-refractivity contribution in [3.8, 4) is 0 Å². The summed E-state index contributed by atoms with van der Waals surface area (Å²) in [5, 5.41) is 9.75. The van der Waals surface area contributed by atoms with Crippen LogP contribution < -0.4 is 10.6 Å². The van der Waals surface area contributed by atoms with Crippen LogP contribution in [0.4, 0.5) is 10.1 Å². The SMILES string of the molecule is CCC/C(=C\c1cc(C(=O)Nc2cc(C(=O)NCCN3CCCC3)ccc2F)cnc1C)c1cnn(C)c1.